The number of carbonyl (C=O) groups excluding carboxylic acids is 1. The van der Waals surface area contributed by atoms with E-state index in [4.69, 9.17) is 0 Å². The number of carbonyl (C=O) groups is 2. The van der Waals surface area contributed by atoms with Gasteiger partial charge in [-0.1, -0.05) is 105 Å². The van der Waals surface area contributed by atoms with Crippen LogP contribution in [-0.2, 0) is 16.6 Å². The summed E-state index contributed by atoms with van der Waals surface area (Å²) >= 11 is 0. The standard InChI is InChI=1S/C36H35N3O3/c1-24-9-13-27(14-10-24)31-7-5-6-8-33(31)39-23-29(22-37-39)26-15-11-25(12-16-26)21-32(35(41)42)38-34(40)28-17-19-30(20-18-28)36(2,3)4/h5-20,22-23,32H,21H2,1-4H3,(H,38,40)(H,41,42)/t32-/m0/s1. The van der Waals surface area contributed by atoms with E-state index < -0.39 is 17.9 Å². The van der Waals surface area contributed by atoms with Crippen molar-refractivity contribution in [3.8, 4) is 27.9 Å². The molecule has 0 aliphatic heterocycles. The van der Waals surface area contributed by atoms with Crippen LogP contribution >= 0.6 is 0 Å². The van der Waals surface area contributed by atoms with Gasteiger partial charge in [0, 0.05) is 29.3 Å². The first kappa shape index (κ1) is 28.6. The van der Waals surface area contributed by atoms with Gasteiger partial charge in [-0.2, -0.15) is 5.10 Å². The van der Waals surface area contributed by atoms with Gasteiger partial charge in [-0.15, -0.1) is 0 Å². The number of rotatable bonds is 8. The molecule has 0 bridgehead atoms. The van der Waals surface area contributed by atoms with Crippen LogP contribution in [0.2, 0.25) is 0 Å². The molecular weight excluding hydrogens is 522 g/mol. The molecule has 5 aromatic rings. The van der Waals surface area contributed by atoms with Crippen LogP contribution in [0, 0.1) is 6.92 Å². The van der Waals surface area contributed by atoms with Crippen LogP contribution in [0.15, 0.2) is 109 Å². The Morgan fingerprint density at radius 1 is 0.833 bits per heavy atom. The number of amides is 1. The van der Waals surface area contributed by atoms with Gasteiger partial charge in [0.2, 0.25) is 0 Å². The summed E-state index contributed by atoms with van der Waals surface area (Å²) in [7, 11) is 0. The summed E-state index contributed by atoms with van der Waals surface area (Å²) in [6, 6.07) is 30.6. The number of benzene rings is 4. The summed E-state index contributed by atoms with van der Waals surface area (Å²) in [6.07, 6.45) is 3.99. The molecule has 212 valence electrons. The van der Waals surface area contributed by atoms with Gasteiger partial charge in [0.25, 0.3) is 5.91 Å². The maximum atomic E-state index is 12.8. The number of aromatic nitrogens is 2. The molecule has 5 rings (SSSR count). The van der Waals surface area contributed by atoms with E-state index in [0.29, 0.717) is 5.56 Å². The molecule has 0 saturated heterocycles. The van der Waals surface area contributed by atoms with Crippen molar-refractivity contribution in [2.75, 3.05) is 0 Å². The van der Waals surface area contributed by atoms with E-state index in [1.54, 1.807) is 12.1 Å². The highest BCUT2D eigenvalue weighted by atomic mass is 16.4. The van der Waals surface area contributed by atoms with E-state index in [2.05, 4.69) is 68.4 Å². The van der Waals surface area contributed by atoms with Crippen molar-refractivity contribution in [3.63, 3.8) is 0 Å². The molecule has 2 N–H and O–H groups in total. The van der Waals surface area contributed by atoms with Crippen LogP contribution in [0.5, 0.6) is 0 Å². The van der Waals surface area contributed by atoms with E-state index in [1.807, 2.05) is 71.7 Å². The third-order valence-corrected chi connectivity index (χ3v) is 7.44. The number of nitrogens with one attached hydrogen (secondary N) is 1. The molecule has 0 radical (unpaired) electrons. The zero-order chi connectivity index (χ0) is 29.9. The number of aryl methyl sites for hydroxylation is 1. The predicted molar refractivity (Wildman–Crippen MR) is 167 cm³/mol. The molecular formula is C36H35N3O3. The summed E-state index contributed by atoms with van der Waals surface area (Å²) in [5.74, 6) is -1.48. The van der Waals surface area contributed by atoms with E-state index in [-0.39, 0.29) is 11.8 Å². The molecule has 42 heavy (non-hydrogen) atoms. The Bertz CT molecular complexity index is 1690. The Hall–Kier alpha value is -4.97. The van der Waals surface area contributed by atoms with Crippen molar-refractivity contribution in [2.45, 2.75) is 45.6 Å². The van der Waals surface area contributed by atoms with Crippen LogP contribution in [-0.4, -0.2) is 32.8 Å². The average Bonchev–Trinajstić information content (AvgIpc) is 3.47. The third kappa shape index (κ3) is 6.50. The predicted octanol–water partition coefficient (Wildman–Crippen LogP) is 7.24. The molecule has 0 aliphatic rings. The second-order valence-corrected chi connectivity index (χ2v) is 11.6. The van der Waals surface area contributed by atoms with Crippen molar-refractivity contribution in [2.24, 2.45) is 0 Å². The van der Waals surface area contributed by atoms with Crippen LogP contribution in [0.3, 0.4) is 0 Å². The summed E-state index contributed by atoms with van der Waals surface area (Å²) in [5.41, 5.74) is 8.65. The van der Waals surface area contributed by atoms with Gasteiger partial charge in [-0.3, -0.25) is 4.79 Å². The Kier molecular flexibility index (Phi) is 8.07. The van der Waals surface area contributed by atoms with Crippen molar-refractivity contribution in [1.82, 2.24) is 15.1 Å². The van der Waals surface area contributed by atoms with Crippen LogP contribution in [0.4, 0.5) is 0 Å². The molecule has 0 aliphatic carbocycles. The van der Waals surface area contributed by atoms with Crippen molar-refractivity contribution >= 4 is 11.9 Å². The van der Waals surface area contributed by atoms with Gasteiger partial charge >= 0.3 is 5.97 Å². The zero-order valence-corrected chi connectivity index (χ0v) is 24.3. The molecule has 6 heteroatoms. The molecule has 6 nitrogen and oxygen atoms in total. The number of nitrogens with zero attached hydrogens (tertiary/aromatic N) is 2. The van der Waals surface area contributed by atoms with Gasteiger partial charge in [0.15, 0.2) is 0 Å². The zero-order valence-electron chi connectivity index (χ0n) is 24.3. The highest BCUT2D eigenvalue weighted by molar-refractivity contribution is 5.96. The quantitative estimate of drug-likeness (QED) is 0.211. The fraction of sp³-hybridized carbons (Fsp3) is 0.194. The topological polar surface area (TPSA) is 84.2 Å². The molecule has 1 amide bonds. The molecule has 0 saturated carbocycles. The van der Waals surface area contributed by atoms with Gasteiger partial charge in [-0.25, -0.2) is 9.48 Å². The lowest BCUT2D eigenvalue weighted by molar-refractivity contribution is -0.139. The van der Waals surface area contributed by atoms with E-state index in [0.717, 1.165) is 39.1 Å². The van der Waals surface area contributed by atoms with Crippen LogP contribution < -0.4 is 5.32 Å². The summed E-state index contributed by atoms with van der Waals surface area (Å²) in [6.45, 7) is 8.38. The largest absolute Gasteiger partial charge is 0.480 e. The number of carboxylic acids is 1. The van der Waals surface area contributed by atoms with E-state index in [9.17, 15) is 14.7 Å². The first-order chi connectivity index (χ1) is 20.1. The summed E-state index contributed by atoms with van der Waals surface area (Å²) in [5, 5.41) is 17.1. The normalized spacial score (nSPS) is 12.1. The van der Waals surface area contributed by atoms with Crippen LogP contribution in [0.1, 0.15) is 47.8 Å². The van der Waals surface area contributed by atoms with Gasteiger partial charge in [0.1, 0.15) is 6.04 Å². The lowest BCUT2D eigenvalue weighted by atomic mass is 9.86. The van der Waals surface area contributed by atoms with Gasteiger partial charge in [0.05, 0.1) is 11.9 Å². The lowest BCUT2D eigenvalue weighted by Crippen LogP contribution is -2.42. The fourth-order valence-electron chi connectivity index (χ4n) is 4.89. The monoisotopic (exact) mass is 557 g/mol. The maximum Gasteiger partial charge on any atom is 0.326 e. The molecule has 1 atom stereocenters. The summed E-state index contributed by atoms with van der Waals surface area (Å²) in [4.78, 5) is 24.8. The van der Waals surface area contributed by atoms with Gasteiger partial charge < -0.3 is 10.4 Å². The first-order valence-corrected chi connectivity index (χ1v) is 14.0. The van der Waals surface area contributed by atoms with E-state index in [1.165, 1.54) is 5.56 Å². The molecule has 1 heterocycles. The number of hydrogen-bond acceptors (Lipinski definition) is 3. The highest BCUT2D eigenvalue weighted by Crippen LogP contribution is 2.29. The van der Waals surface area contributed by atoms with E-state index >= 15 is 0 Å². The third-order valence-electron chi connectivity index (χ3n) is 7.44. The number of para-hydroxylation sites is 1. The minimum absolute atomic E-state index is 0.0324. The number of hydrogen-bond donors (Lipinski definition) is 2. The number of carboxylic acid groups (broad SMARTS) is 1. The Balaban J connectivity index is 1.29. The van der Waals surface area contributed by atoms with Crippen molar-refractivity contribution in [1.29, 1.82) is 0 Å². The molecule has 1 aromatic heterocycles. The SMILES string of the molecule is Cc1ccc(-c2ccccc2-n2cc(-c3ccc(C[C@H](NC(=O)c4ccc(C(C)(C)C)cc4)C(=O)O)cc3)cn2)cc1. The molecule has 4 aromatic carbocycles. The minimum atomic E-state index is -1.08. The second kappa shape index (κ2) is 11.9. The summed E-state index contributed by atoms with van der Waals surface area (Å²) < 4.78 is 1.88. The first-order valence-electron chi connectivity index (χ1n) is 14.0. The Labute approximate surface area is 246 Å². The number of aliphatic carboxylic acids is 1. The van der Waals surface area contributed by atoms with Crippen LogP contribution in [0.25, 0.3) is 27.9 Å². The minimum Gasteiger partial charge on any atom is -0.480 e. The fourth-order valence-corrected chi connectivity index (χ4v) is 4.89. The molecule has 0 fully saturated rings. The highest BCUT2D eigenvalue weighted by Gasteiger charge is 2.22. The van der Waals surface area contributed by atoms with Crippen molar-refractivity contribution < 1.29 is 14.7 Å². The van der Waals surface area contributed by atoms with Gasteiger partial charge in [-0.05, 0) is 52.8 Å². The maximum absolute atomic E-state index is 12.8. The average molecular weight is 558 g/mol. The van der Waals surface area contributed by atoms with Crippen molar-refractivity contribution in [3.05, 3.63) is 132 Å². The smallest absolute Gasteiger partial charge is 0.326 e. The Morgan fingerprint density at radius 3 is 2.12 bits per heavy atom. The Morgan fingerprint density at radius 2 is 1.48 bits per heavy atom. The molecule has 0 spiro atoms. The second-order valence-electron chi connectivity index (χ2n) is 11.6. The molecule has 0 unspecified atom stereocenters. The lowest BCUT2D eigenvalue weighted by Gasteiger charge is -2.19.